The molecule has 0 saturated carbocycles. The van der Waals surface area contributed by atoms with E-state index in [1.54, 1.807) is 6.07 Å². The third kappa shape index (κ3) is 4.98. The summed E-state index contributed by atoms with van der Waals surface area (Å²) < 4.78 is 5.37. The van der Waals surface area contributed by atoms with Crippen LogP contribution in [0, 0.1) is 27.4 Å². The van der Waals surface area contributed by atoms with Crippen molar-refractivity contribution in [2.24, 2.45) is 5.92 Å². The lowest BCUT2D eigenvalue weighted by molar-refractivity contribution is -0.384. The largest absolute Gasteiger partial charge is 0.378 e. The molecule has 1 aromatic heterocycles. The minimum Gasteiger partial charge on any atom is -0.378 e. The number of anilines is 2. The number of carbonyl (C=O) groups excluding carboxylic acids is 1. The molecule has 2 N–H and O–H groups in total. The Morgan fingerprint density at radius 2 is 2.15 bits per heavy atom. The first kappa shape index (κ1) is 23.1. The van der Waals surface area contributed by atoms with E-state index in [0.717, 1.165) is 24.8 Å². The number of nitro groups is 1. The highest BCUT2D eigenvalue weighted by atomic mass is 32.1. The van der Waals surface area contributed by atoms with Crippen LogP contribution in [0.3, 0.4) is 0 Å². The third-order valence-electron chi connectivity index (χ3n) is 5.86. The van der Waals surface area contributed by atoms with Gasteiger partial charge in [0.1, 0.15) is 11.1 Å². The first-order valence-electron chi connectivity index (χ1n) is 10.7. The molecule has 11 heteroatoms. The highest BCUT2D eigenvalue weighted by Crippen LogP contribution is 2.39. The Bertz CT molecular complexity index is 1150. The molecule has 4 rings (SSSR count). The Morgan fingerprint density at radius 3 is 2.85 bits per heavy atom. The van der Waals surface area contributed by atoms with Crippen LogP contribution in [-0.4, -0.2) is 42.2 Å². The molecule has 1 atom stereocenters. The van der Waals surface area contributed by atoms with Gasteiger partial charge in [0, 0.05) is 30.1 Å². The number of fused-ring (bicyclic) bond motifs is 1. The van der Waals surface area contributed by atoms with Crippen LogP contribution in [0.2, 0.25) is 0 Å². The van der Waals surface area contributed by atoms with E-state index in [4.69, 9.17) is 17.0 Å². The quantitative estimate of drug-likeness (QED) is 0.383. The molecule has 1 aliphatic heterocycles. The second-order valence-corrected chi connectivity index (χ2v) is 9.65. The van der Waals surface area contributed by atoms with Gasteiger partial charge in [0.25, 0.3) is 11.6 Å². The molecule has 0 radical (unpaired) electrons. The van der Waals surface area contributed by atoms with E-state index in [0.29, 0.717) is 48.5 Å². The molecule has 2 aromatic rings. The van der Waals surface area contributed by atoms with Gasteiger partial charge in [0.15, 0.2) is 5.11 Å². The molecule has 2 aliphatic rings. The van der Waals surface area contributed by atoms with Gasteiger partial charge in [0.2, 0.25) is 0 Å². The van der Waals surface area contributed by atoms with Crippen LogP contribution in [0.15, 0.2) is 18.2 Å². The maximum atomic E-state index is 13.1. The molecule has 0 spiro atoms. The molecule has 1 fully saturated rings. The van der Waals surface area contributed by atoms with Crippen molar-refractivity contribution in [3.63, 3.8) is 0 Å². The van der Waals surface area contributed by atoms with Crippen LogP contribution in [0.5, 0.6) is 0 Å². The van der Waals surface area contributed by atoms with Gasteiger partial charge in [-0.1, -0.05) is 6.92 Å². The number of carbonyl (C=O) groups is 1. The number of hydrogen-bond acceptors (Lipinski definition) is 8. The second-order valence-electron chi connectivity index (χ2n) is 8.13. The molecule has 1 unspecified atom stereocenters. The zero-order valence-corrected chi connectivity index (χ0v) is 19.7. The van der Waals surface area contributed by atoms with E-state index >= 15 is 0 Å². The zero-order valence-electron chi connectivity index (χ0n) is 18.1. The van der Waals surface area contributed by atoms with E-state index in [-0.39, 0.29) is 16.4 Å². The highest BCUT2D eigenvalue weighted by molar-refractivity contribution is 7.80. The molecule has 1 saturated heterocycles. The number of nitrogens with one attached hydrogen (secondary N) is 2. The first-order chi connectivity index (χ1) is 15.9. The number of amides is 1. The Morgan fingerprint density at radius 1 is 1.39 bits per heavy atom. The van der Waals surface area contributed by atoms with Crippen molar-refractivity contribution in [3.05, 3.63) is 49.9 Å². The fourth-order valence-corrected chi connectivity index (χ4v) is 5.79. The summed E-state index contributed by atoms with van der Waals surface area (Å²) in [4.78, 5) is 27.0. The smallest absolute Gasteiger partial charge is 0.270 e. The molecular formula is C22H23N5O4S2. The molecule has 9 nitrogen and oxygen atoms in total. The Kier molecular flexibility index (Phi) is 6.88. The molecule has 2 heterocycles. The summed E-state index contributed by atoms with van der Waals surface area (Å²) in [5.74, 6) is 0.0146. The molecular weight excluding hydrogens is 462 g/mol. The second kappa shape index (κ2) is 9.82. The van der Waals surface area contributed by atoms with Crippen molar-refractivity contribution in [1.82, 2.24) is 5.32 Å². The van der Waals surface area contributed by atoms with E-state index in [9.17, 15) is 20.2 Å². The van der Waals surface area contributed by atoms with Crippen LogP contribution in [0.25, 0.3) is 0 Å². The van der Waals surface area contributed by atoms with Crippen molar-refractivity contribution in [1.29, 1.82) is 5.26 Å². The van der Waals surface area contributed by atoms with Crippen molar-refractivity contribution in [3.8, 4) is 6.07 Å². The molecule has 1 aliphatic carbocycles. The number of nitro benzene ring substituents is 1. The number of nitrogens with zero attached hydrogens (tertiary/aromatic N) is 3. The molecule has 0 bridgehead atoms. The average Bonchev–Trinajstić information content (AvgIpc) is 3.14. The molecule has 33 heavy (non-hydrogen) atoms. The number of benzene rings is 1. The topological polar surface area (TPSA) is 121 Å². The summed E-state index contributed by atoms with van der Waals surface area (Å²) in [7, 11) is 0. The monoisotopic (exact) mass is 485 g/mol. The van der Waals surface area contributed by atoms with Crippen molar-refractivity contribution < 1.29 is 14.5 Å². The fraction of sp³-hybridized carbons (Fsp3) is 0.409. The number of nitriles is 1. The van der Waals surface area contributed by atoms with E-state index in [1.807, 2.05) is 4.90 Å². The van der Waals surface area contributed by atoms with E-state index < -0.39 is 10.8 Å². The summed E-state index contributed by atoms with van der Waals surface area (Å²) in [5, 5.41) is 27.3. The highest BCUT2D eigenvalue weighted by Gasteiger charge is 2.26. The standard InChI is InChI=1S/C22H23N5O4S2/c1-13-2-4-15-17(12-23)21(33-19(15)10-13)25-22(32)24-20(28)16-11-14(27(29)30)3-5-18(16)26-6-8-31-9-7-26/h3,5,11,13H,2,4,6-10H2,1H3,(H2,24,25,28,32). The van der Waals surface area contributed by atoms with Crippen molar-refractivity contribution in [2.75, 3.05) is 36.5 Å². The van der Waals surface area contributed by atoms with Crippen LogP contribution < -0.4 is 15.5 Å². The fourth-order valence-electron chi connectivity index (χ4n) is 4.16. The van der Waals surface area contributed by atoms with Crippen LogP contribution in [0.4, 0.5) is 16.4 Å². The Labute approximate surface area is 200 Å². The number of thiocarbonyl (C=S) groups is 1. The summed E-state index contributed by atoms with van der Waals surface area (Å²) in [6.07, 6.45) is 2.81. The lowest BCUT2D eigenvalue weighted by atomic mass is 9.89. The van der Waals surface area contributed by atoms with Crippen molar-refractivity contribution >= 4 is 51.0 Å². The summed E-state index contributed by atoms with van der Waals surface area (Å²) in [6, 6.07) is 6.49. The van der Waals surface area contributed by atoms with Gasteiger partial charge in [-0.05, 0) is 49.0 Å². The SMILES string of the molecule is CC1CCc2c(sc(NC(=S)NC(=O)c3cc([N+](=O)[O-])ccc3N3CCOCC3)c2C#N)C1. The first-order valence-corrected chi connectivity index (χ1v) is 11.9. The van der Waals surface area contributed by atoms with Gasteiger partial charge in [0.05, 0.1) is 35.0 Å². The molecule has 172 valence electrons. The molecule has 1 amide bonds. The number of non-ortho nitro benzene ring substituents is 1. The summed E-state index contributed by atoms with van der Waals surface area (Å²) in [5.41, 5.74) is 2.20. The van der Waals surface area contributed by atoms with Crippen molar-refractivity contribution in [2.45, 2.75) is 26.2 Å². The van der Waals surface area contributed by atoms with Gasteiger partial charge >= 0.3 is 0 Å². The minimum absolute atomic E-state index is 0.0441. The molecule has 1 aromatic carbocycles. The normalized spacial score (nSPS) is 17.6. The van der Waals surface area contributed by atoms with Crippen LogP contribution in [-0.2, 0) is 17.6 Å². The summed E-state index contributed by atoms with van der Waals surface area (Å²) in [6.45, 7) is 4.36. The lowest BCUT2D eigenvalue weighted by Gasteiger charge is -2.30. The number of morpholine rings is 1. The van der Waals surface area contributed by atoms with E-state index in [1.165, 1.54) is 28.3 Å². The number of ether oxygens (including phenoxy) is 1. The van der Waals surface area contributed by atoms with Crippen LogP contribution >= 0.6 is 23.6 Å². The zero-order chi connectivity index (χ0) is 23.5. The Hall–Kier alpha value is -3.07. The van der Waals surface area contributed by atoms with Crippen LogP contribution in [0.1, 0.15) is 39.7 Å². The minimum atomic E-state index is -0.550. The maximum Gasteiger partial charge on any atom is 0.270 e. The maximum absolute atomic E-state index is 13.1. The average molecular weight is 486 g/mol. The van der Waals surface area contributed by atoms with E-state index in [2.05, 4.69) is 23.6 Å². The Balaban J connectivity index is 1.55. The predicted octanol–water partition coefficient (Wildman–Crippen LogP) is 3.62. The number of hydrogen-bond donors (Lipinski definition) is 2. The van der Waals surface area contributed by atoms with Gasteiger partial charge in [-0.15, -0.1) is 11.3 Å². The van der Waals surface area contributed by atoms with Gasteiger partial charge in [-0.2, -0.15) is 5.26 Å². The lowest BCUT2D eigenvalue weighted by Crippen LogP contribution is -2.39. The summed E-state index contributed by atoms with van der Waals surface area (Å²) >= 11 is 6.84. The predicted molar refractivity (Wildman–Crippen MR) is 130 cm³/mol. The van der Waals surface area contributed by atoms with Gasteiger partial charge in [-0.25, -0.2) is 0 Å². The third-order valence-corrected chi connectivity index (χ3v) is 7.24. The van der Waals surface area contributed by atoms with Gasteiger partial charge < -0.3 is 15.0 Å². The van der Waals surface area contributed by atoms with Gasteiger partial charge in [-0.3, -0.25) is 20.2 Å². The number of thiophene rings is 1. The number of rotatable bonds is 4.